The number of aromatic nitrogens is 2. The van der Waals surface area contributed by atoms with E-state index in [2.05, 4.69) is 15.6 Å². The molecule has 25 heavy (non-hydrogen) atoms. The molecule has 2 aromatic heterocycles. The number of thiophene rings is 1. The van der Waals surface area contributed by atoms with Crippen molar-refractivity contribution in [2.24, 2.45) is 0 Å². The summed E-state index contributed by atoms with van der Waals surface area (Å²) in [6, 6.07) is 9.78. The molecule has 1 unspecified atom stereocenters. The summed E-state index contributed by atoms with van der Waals surface area (Å²) in [4.78, 5) is 5.47. The van der Waals surface area contributed by atoms with Gasteiger partial charge in [-0.2, -0.15) is 11.8 Å². The van der Waals surface area contributed by atoms with Crippen LogP contribution in [0.15, 0.2) is 49.1 Å². The van der Waals surface area contributed by atoms with Crippen molar-refractivity contribution >= 4 is 57.9 Å². The van der Waals surface area contributed by atoms with Gasteiger partial charge in [0.1, 0.15) is 0 Å². The molecule has 0 saturated carbocycles. The number of hydrogen-bond donors (Lipinski definition) is 0. The SMILES string of the molecule is Clc1ccc(CSC(CCc2ccc(Cl)s2)Cn2ccnc2)c(Cl)c1. The Morgan fingerprint density at radius 1 is 1.16 bits per heavy atom. The maximum absolute atomic E-state index is 6.31. The molecule has 0 spiro atoms. The van der Waals surface area contributed by atoms with Gasteiger partial charge in [-0.05, 0) is 42.7 Å². The average Bonchev–Trinajstić information content (AvgIpc) is 3.23. The molecule has 0 aliphatic heterocycles. The van der Waals surface area contributed by atoms with Gasteiger partial charge in [-0.3, -0.25) is 0 Å². The van der Waals surface area contributed by atoms with Crippen LogP contribution < -0.4 is 0 Å². The summed E-state index contributed by atoms with van der Waals surface area (Å²) in [5.74, 6) is 0.862. The number of aryl methyl sites for hydroxylation is 1. The lowest BCUT2D eigenvalue weighted by atomic mass is 10.2. The quantitative estimate of drug-likeness (QED) is 0.388. The standard InChI is InChI=1S/C18H17Cl3N2S2/c19-14-2-1-13(17(20)9-14)11-24-16(10-23-8-7-22-12-23)4-3-15-5-6-18(21)25-15/h1-2,5-9,12,16H,3-4,10-11H2. The molecule has 0 amide bonds. The number of imidazole rings is 1. The largest absolute Gasteiger partial charge is 0.336 e. The first-order valence-electron chi connectivity index (χ1n) is 7.85. The summed E-state index contributed by atoms with van der Waals surface area (Å²) in [6.45, 7) is 0.926. The van der Waals surface area contributed by atoms with E-state index >= 15 is 0 Å². The Balaban J connectivity index is 1.62. The predicted molar refractivity (Wildman–Crippen MR) is 111 cm³/mol. The first kappa shape index (κ1) is 19.1. The zero-order valence-corrected chi connectivity index (χ0v) is 17.3. The molecule has 1 aromatic carbocycles. The highest BCUT2D eigenvalue weighted by Gasteiger charge is 2.13. The van der Waals surface area contributed by atoms with E-state index in [9.17, 15) is 0 Å². The molecule has 7 heteroatoms. The maximum Gasteiger partial charge on any atom is 0.0946 e. The average molecular weight is 432 g/mol. The molecule has 0 aliphatic carbocycles. The molecule has 3 aromatic rings. The molecular formula is C18H17Cl3N2S2. The van der Waals surface area contributed by atoms with Gasteiger partial charge in [0.2, 0.25) is 0 Å². The van der Waals surface area contributed by atoms with Crippen LogP contribution in [0.3, 0.4) is 0 Å². The van der Waals surface area contributed by atoms with Crippen LogP contribution in [-0.2, 0) is 18.7 Å². The second kappa shape index (κ2) is 9.33. The molecule has 0 saturated heterocycles. The van der Waals surface area contributed by atoms with Crippen molar-refractivity contribution in [3.05, 3.63) is 73.9 Å². The second-order valence-corrected chi connectivity index (χ2v) is 9.60. The lowest BCUT2D eigenvalue weighted by Gasteiger charge is -2.17. The Bertz CT molecular complexity index is 803. The van der Waals surface area contributed by atoms with Gasteiger partial charge < -0.3 is 4.57 Å². The van der Waals surface area contributed by atoms with Gasteiger partial charge in [-0.15, -0.1) is 11.3 Å². The molecular weight excluding hydrogens is 415 g/mol. The van der Waals surface area contributed by atoms with Gasteiger partial charge in [0.15, 0.2) is 0 Å². The number of thioether (sulfide) groups is 1. The van der Waals surface area contributed by atoms with Crippen molar-refractivity contribution in [2.75, 3.05) is 0 Å². The van der Waals surface area contributed by atoms with Crippen LogP contribution in [0.2, 0.25) is 14.4 Å². The van der Waals surface area contributed by atoms with Gasteiger partial charge in [0.25, 0.3) is 0 Å². The van der Waals surface area contributed by atoms with E-state index in [-0.39, 0.29) is 0 Å². The number of nitrogens with zero attached hydrogens (tertiary/aromatic N) is 2. The fourth-order valence-corrected chi connectivity index (χ4v) is 5.38. The maximum atomic E-state index is 6.31. The highest BCUT2D eigenvalue weighted by Crippen LogP contribution is 2.30. The number of benzene rings is 1. The van der Waals surface area contributed by atoms with Crippen LogP contribution in [0.1, 0.15) is 16.9 Å². The van der Waals surface area contributed by atoms with Gasteiger partial charge in [-0.25, -0.2) is 4.98 Å². The fourth-order valence-electron chi connectivity index (χ4n) is 2.49. The van der Waals surface area contributed by atoms with Gasteiger partial charge in [0, 0.05) is 44.9 Å². The Morgan fingerprint density at radius 2 is 2.04 bits per heavy atom. The van der Waals surface area contributed by atoms with Gasteiger partial charge in [0.05, 0.1) is 10.7 Å². The van der Waals surface area contributed by atoms with Crippen LogP contribution >= 0.6 is 57.9 Å². The zero-order valence-electron chi connectivity index (χ0n) is 13.4. The molecule has 132 valence electrons. The first-order chi connectivity index (χ1) is 12.1. The lowest BCUT2D eigenvalue weighted by molar-refractivity contribution is 0.626. The monoisotopic (exact) mass is 430 g/mol. The summed E-state index contributed by atoms with van der Waals surface area (Å²) >= 11 is 21.9. The molecule has 1 atom stereocenters. The third kappa shape index (κ3) is 5.93. The molecule has 0 bridgehead atoms. The van der Waals surface area contributed by atoms with Crippen molar-refractivity contribution in [3.63, 3.8) is 0 Å². The van der Waals surface area contributed by atoms with Crippen LogP contribution in [0.4, 0.5) is 0 Å². The van der Waals surface area contributed by atoms with Crippen LogP contribution in [0.5, 0.6) is 0 Å². The number of rotatable bonds is 8. The number of halogens is 3. The highest BCUT2D eigenvalue weighted by atomic mass is 35.5. The van der Waals surface area contributed by atoms with E-state index in [0.29, 0.717) is 10.3 Å². The topological polar surface area (TPSA) is 17.8 Å². The minimum absolute atomic E-state index is 0.460. The second-order valence-electron chi connectivity index (χ2n) is 5.67. The summed E-state index contributed by atoms with van der Waals surface area (Å²) in [5.41, 5.74) is 1.12. The Kier molecular flexibility index (Phi) is 7.14. The van der Waals surface area contributed by atoms with Crippen molar-refractivity contribution in [3.8, 4) is 0 Å². The van der Waals surface area contributed by atoms with E-state index in [1.165, 1.54) is 4.88 Å². The molecule has 2 nitrogen and oxygen atoms in total. The summed E-state index contributed by atoms with van der Waals surface area (Å²) in [6.07, 6.45) is 7.79. The first-order valence-corrected chi connectivity index (χ1v) is 10.9. The van der Waals surface area contributed by atoms with Gasteiger partial charge >= 0.3 is 0 Å². The fraction of sp³-hybridized carbons (Fsp3) is 0.278. The van der Waals surface area contributed by atoms with Gasteiger partial charge in [-0.1, -0.05) is 40.9 Å². The third-order valence-electron chi connectivity index (χ3n) is 3.80. The normalized spacial score (nSPS) is 12.4. The molecule has 0 N–H and O–H groups in total. The van der Waals surface area contributed by atoms with E-state index in [4.69, 9.17) is 34.8 Å². The van der Waals surface area contributed by atoms with Crippen LogP contribution in [0, 0.1) is 0 Å². The minimum atomic E-state index is 0.460. The summed E-state index contributed by atoms with van der Waals surface area (Å²) in [7, 11) is 0. The Labute approximate surface area is 171 Å². The van der Waals surface area contributed by atoms with E-state index < -0.39 is 0 Å². The predicted octanol–water partition coefficient (Wildman–Crippen LogP) is 6.84. The third-order valence-corrected chi connectivity index (χ3v) is 7.02. The van der Waals surface area contributed by atoms with E-state index in [1.807, 2.05) is 48.7 Å². The summed E-state index contributed by atoms with van der Waals surface area (Å²) < 4.78 is 2.98. The zero-order chi connectivity index (χ0) is 17.6. The van der Waals surface area contributed by atoms with Crippen LogP contribution in [0.25, 0.3) is 0 Å². The van der Waals surface area contributed by atoms with Crippen molar-refractivity contribution in [1.29, 1.82) is 0 Å². The molecule has 2 heterocycles. The van der Waals surface area contributed by atoms with Crippen LogP contribution in [-0.4, -0.2) is 14.8 Å². The van der Waals surface area contributed by atoms with Crippen molar-refractivity contribution in [2.45, 2.75) is 30.4 Å². The smallest absolute Gasteiger partial charge is 0.0946 e. The van der Waals surface area contributed by atoms with E-state index in [0.717, 1.165) is 40.1 Å². The summed E-state index contributed by atoms with van der Waals surface area (Å²) in [5, 5.41) is 1.86. The molecule has 3 rings (SSSR count). The van der Waals surface area contributed by atoms with Crippen molar-refractivity contribution in [1.82, 2.24) is 9.55 Å². The minimum Gasteiger partial charge on any atom is -0.336 e. The lowest BCUT2D eigenvalue weighted by Crippen LogP contribution is -2.13. The molecule has 0 aliphatic rings. The highest BCUT2D eigenvalue weighted by molar-refractivity contribution is 7.99. The van der Waals surface area contributed by atoms with E-state index in [1.54, 1.807) is 17.4 Å². The Morgan fingerprint density at radius 3 is 2.72 bits per heavy atom. The number of hydrogen-bond acceptors (Lipinski definition) is 3. The molecule has 0 fully saturated rings. The Hall–Kier alpha value is -0.650. The molecule has 0 radical (unpaired) electrons. The van der Waals surface area contributed by atoms with Crippen molar-refractivity contribution < 1.29 is 0 Å².